The van der Waals surface area contributed by atoms with Crippen LogP contribution in [0.15, 0.2) is 12.1 Å². The monoisotopic (exact) mass is 321 g/mol. The first kappa shape index (κ1) is 11.3. The fourth-order valence-corrected chi connectivity index (χ4v) is 2.00. The summed E-state index contributed by atoms with van der Waals surface area (Å²) in [7, 11) is 0. The Morgan fingerprint density at radius 1 is 1.64 bits per heavy atom. The number of carboxylic acids is 1. The molecule has 1 N–H and O–H groups in total. The predicted molar refractivity (Wildman–Crippen MR) is 60.2 cm³/mol. The van der Waals surface area contributed by atoms with E-state index in [1.807, 2.05) is 28.7 Å². The number of halogens is 2. The van der Waals surface area contributed by atoms with E-state index in [0.717, 1.165) is 3.57 Å². The van der Waals surface area contributed by atoms with Crippen molar-refractivity contribution in [3.63, 3.8) is 0 Å². The van der Waals surface area contributed by atoms with Gasteiger partial charge < -0.3 is 5.11 Å². The Bertz CT molecular complexity index is 426. The van der Waals surface area contributed by atoms with E-state index < -0.39 is 5.97 Å². The van der Waals surface area contributed by atoms with Gasteiger partial charge in [-0.2, -0.15) is 5.26 Å². The van der Waals surface area contributed by atoms with Crippen LogP contribution in [0.4, 0.5) is 0 Å². The van der Waals surface area contributed by atoms with Crippen LogP contribution in [-0.4, -0.2) is 11.1 Å². The maximum absolute atomic E-state index is 10.5. The van der Waals surface area contributed by atoms with Crippen molar-refractivity contribution < 1.29 is 9.90 Å². The Labute approximate surface area is 99.4 Å². The van der Waals surface area contributed by atoms with Crippen LogP contribution in [0.25, 0.3) is 0 Å². The van der Waals surface area contributed by atoms with Gasteiger partial charge in [-0.05, 0) is 34.2 Å². The minimum absolute atomic E-state index is 0.162. The number of hydrogen-bond acceptors (Lipinski definition) is 2. The topological polar surface area (TPSA) is 61.1 Å². The molecule has 14 heavy (non-hydrogen) atoms. The second-order valence-electron chi connectivity index (χ2n) is 2.58. The predicted octanol–water partition coefficient (Wildman–Crippen LogP) is 2.44. The van der Waals surface area contributed by atoms with Gasteiger partial charge in [-0.1, -0.05) is 17.7 Å². The lowest BCUT2D eigenvalue weighted by Crippen LogP contribution is -2.02. The number of carboxylic acid groups (broad SMARTS) is 1. The van der Waals surface area contributed by atoms with E-state index in [-0.39, 0.29) is 11.4 Å². The molecule has 1 aromatic rings. The third kappa shape index (κ3) is 2.36. The Morgan fingerprint density at radius 2 is 2.29 bits per heavy atom. The molecular formula is C9H5ClINO2. The largest absolute Gasteiger partial charge is 0.481 e. The highest BCUT2D eigenvalue weighted by Crippen LogP contribution is 2.25. The fourth-order valence-electron chi connectivity index (χ4n) is 0.998. The number of carbonyl (C=O) groups is 1. The second kappa shape index (κ2) is 4.62. The third-order valence-corrected chi connectivity index (χ3v) is 2.96. The van der Waals surface area contributed by atoms with E-state index >= 15 is 0 Å². The lowest BCUT2D eigenvalue weighted by atomic mass is 10.1. The van der Waals surface area contributed by atoms with Gasteiger partial charge in [-0.15, -0.1) is 0 Å². The van der Waals surface area contributed by atoms with Crippen molar-refractivity contribution >= 4 is 40.2 Å². The molecule has 72 valence electrons. The molecule has 0 fully saturated rings. The maximum Gasteiger partial charge on any atom is 0.307 e. The molecule has 0 saturated heterocycles. The summed E-state index contributed by atoms with van der Waals surface area (Å²) >= 11 is 7.85. The van der Waals surface area contributed by atoms with Crippen LogP contribution in [0.2, 0.25) is 5.02 Å². The quantitative estimate of drug-likeness (QED) is 0.851. The van der Waals surface area contributed by atoms with Crippen LogP contribution in [0.1, 0.15) is 11.1 Å². The zero-order valence-corrected chi connectivity index (χ0v) is 9.83. The summed E-state index contributed by atoms with van der Waals surface area (Å²) in [6.45, 7) is 0. The van der Waals surface area contributed by atoms with Crippen molar-refractivity contribution in [2.75, 3.05) is 0 Å². The molecule has 0 unspecified atom stereocenters. The highest BCUT2D eigenvalue weighted by atomic mass is 127. The smallest absolute Gasteiger partial charge is 0.307 e. The zero-order valence-electron chi connectivity index (χ0n) is 6.92. The molecule has 1 rings (SSSR count). The first-order valence-electron chi connectivity index (χ1n) is 3.65. The average molecular weight is 322 g/mol. The first-order valence-corrected chi connectivity index (χ1v) is 5.10. The van der Waals surface area contributed by atoms with Crippen molar-refractivity contribution in [3.05, 3.63) is 31.9 Å². The third-order valence-electron chi connectivity index (χ3n) is 1.62. The van der Waals surface area contributed by atoms with Gasteiger partial charge in [0.15, 0.2) is 0 Å². The molecule has 0 aromatic heterocycles. The standard InChI is InChI=1S/C9H5ClINO2/c10-9-5(3-8(13)14)1-2-7(11)6(9)4-12/h1-2H,3H2,(H,13,14). The van der Waals surface area contributed by atoms with Crippen molar-refractivity contribution in [2.24, 2.45) is 0 Å². The van der Waals surface area contributed by atoms with Crippen LogP contribution < -0.4 is 0 Å². The zero-order chi connectivity index (χ0) is 10.7. The number of benzene rings is 1. The molecule has 0 aliphatic rings. The molecule has 0 saturated carbocycles. The molecule has 0 aliphatic carbocycles. The van der Waals surface area contributed by atoms with Crippen molar-refractivity contribution in [2.45, 2.75) is 6.42 Å². The molecule has 0 heterocycles. The maximum atomic E-state index is 10.5. The molecule has 0 aliphatic heterocycles. The molecule has 0 spiro atoms. The van der Waals surface area contributed by atoms with Crippen LogP contribution in [-0.2, 0) is 11.2 Å². The Morgan fingerprint density at radius 3 is 2.79 bits per heavy atom. The normalized spacial score (nSPS) is 9.50. The number of rotatable bonds is 2. The SMILES string of the molecule is N#Cc1c(I)ccc(CC(=O)O)c1Cl. The van der Waals surface area contributed by atoms with Crippen LogP contribution >= 0.6 is 34.2 Å². The Kier molecular flexibility index (Phi) is 3.72. The molecule has 5 heteroatoms. The van der Waals surface area contributed by atoms with Gasteiger partial charge in [0.1, 0.15) is 6.07 Å². The molecule has 0 amide bonds. The van der Waals surface area contributed by atoms with E-state index in [1.54, 1.807) is 12.1 Å². The fraction of sp³-hybridized carbons (Fsp3) is 0.111. The van der Waals surface area contributed by atoms with E-state index in [4.69, 9.17) is 22.0 Å². The molecule has 0 atom stereocenters. The van der Waals surface area contributed by atoms with Crippen LogP contribution in [0, 0.1) is 14.9 Å². The number of aliphatic carboxylic acids is 1. The molecular weight excluding hydrogens is 316 g/mol. The van der Waals surface area contributed by atoms with Crippen LogP contribution in [0.3, 0.4) is 0 Å². The summed E-state index contributed by atoms with van der Waals surface area (Å²) in [6, 6.07) is 5.25. The van der Waals surface area contributed by atoms with Gasteiger partial charge >= 0.3 is 5.97 Å². The lowest BCUT2D eigenvalue weighted by Gasteiger charge is -2.04. The molecule has 0 radical (unpaired) electrons. The summed E-state index contributed by atoms with van der Waals surface area (Å²) in [4.78, 5) is 10.5. The highest BCUT2D eigenvalue weighted by molar-refractivity contribution is 14.1. The summed E-state index contributed by atoms with van der Waals surface area (Å²) in [5.41, 5.74) is 0.808. The highest BCUT2D eigenvalue weighted by Gasteiger charge is 2.11. The number of nitrogens with zero attached hydrogens (tertiary/aromatic N) is 1. The van der Waals surface area contributed by atoms with Gasteiger partial charge in [0.2, 0.25) is 0 Å². The van der Waals surface area contributed by atoms with E-state index in [0.29, 0.717) is 11.1 Å². The van der Waals surface area contributed by atoms with Crippen molar-refractivity contribution in [1.29, 1.82) is 5.26 Å². The summed E-state index contributed by atoms with van der Waals surface area (Å²) < 4.78 is 0.726. The second-order valence-corrected chi connectivity index (χ2v) is 4.12. The average Bonchev–Trinajstić information content (AvgIpc) is 2.10. The van der Waals surface area contributed by atoms with Gasteiger partial charge in [0.25, 0.3) is 0 Å². The van der Waals surface area contributed by atoms with Gasteiger partial charge in [-0.25, -0.2) is 0 Å². The minimum Gasteiger partial charge on any atom is -0.481 e. The van der Waals surface area contributed by atoms with Gasteiger partial charge in [0, 0.05) is 3.57 Å². The Balaban J connectivity index is 3.23. The van der Waals surface area contributed by atoms with Crippen molar-refractivity contribution in [1.82, 2.24) is 0 Å². The van der Waals surface area contributed by atoms with Crippen molar-refractivity contribution in [3.8, 4) is 6.07 Å². The van der Waals surface area contributed by atoms with Crippen LogP contribution in [0.5, 0.6) is 0 Å². The molecule has 3 nitrogen and oxygen atoms in total. The molecule has 1 aromatic carbocycles. The Hall–Kier alpha value is -0.800. The van der Waals surface area contributed by atoms with Gasteiger partial charge in [-0.3, -0.25) is 4.79 Å². The van der Waals surface area contributed by atoms with E-state index in [1.165, 1.54) is 0 Å². The number of nitriles is 1. The van der Waals surface area contributed by atoms with E-state index in [2.05, 4.69) is 0 Å². The van der Waals surface area contributed by atoms with Gasteiger partial charge in [0.05, 0.1) is 17.0 Å². The molecule has 0 bridgehead atoms. The number of hydrogen-bond donors (Lipinski definition) is 1. The summed E-state index contributed by atoms with van der Waals surface area (Å²) in [5, 5.41) is 17.6. The summed E-state index contributed by atoms with van der Waals surface area (Å²) in [5.74, 6) is -0.961. The first-order chi connectivity index (χ1) is 6.56. The summed E-state index contributed by atoms with van der Waals surface area (Å²) in [6.07, 6.45) is -0.162. The lowest BCUT2D eigenvalue weighted by molar-refractivity contribution is -0.136. The van der Waals surface area contributed by atoms with E-state index in [9.17, 15) is 4.79 Å². The minimum atomic E-state index is -0.961.